The maximum atomic E-state index is 13.8. The van der Waals surface area contributed by atoms with E-state index >= 15 is 0 Å². The Hall–Kier alpha value is -1.29. The number of anilines is 1. The molecule has 1 aliphatic heterocycles. The van der Waals surface area contributed by atoms with E-state index in [2.05, 4.69) is 24.1 Å². The molecule has 1 N–H and O–H groups in total. The van der Waals surface area contributed by atoms with Crippen molar-refractivity contribution in [1.29, 1.82) is 0 Å². The van der Waals surface area contributed by atoms with Gasteiger partial charge >= 0.3 is 0 Å². The third kappa shape index (κ3) is 3.42. The molecule has 0 spiro atoms. The van der Waals surface area contributed by atoms with Crippen LogP contribution in [0, 0.1) is 11.7 Å². The van der Waals surface area contributed by atoms with Gasteiger partial charge in [0.2, 0.25) is 0 Å². The van der Waals surface area contributed by atoms with Crippen molar-refractivity contribution in [1.82, 2.24) is 5.32 Å². The van der Waals surface area contributed by atoms with Crippen LogP contribution in [0.15, 0.2) is 18.2 Å². The van der Waals surface area contributed by atoms with E-state index in [1.54, 1.807) is 12.1 Å². The van der Waals surface area contributed by atoms with Crippen LogP contribution < -0.4 is 15.0 Å². The van der Waals surface area contributed by atoms with Gasteiger partial charge in [0.25, 0.3) is 0 Å². The van der Waals surface area contributed by atoms with Gasteiger partial charge in [0.15, 0.2) is 11.6 Å². The molecule has 1 fully saturated rings. The summed E-state index contributed by atoms with van der Waals surface area (Å²) in [5.74, 6) is 0.589. The fourth-order valence-corrected chi connectivity index (χ4v) is 2.87. The van der Waals surface area contributed by atoms with Crippen molar-refractivity contribution in [3.05, 3.63) is 24.0 Å². The molecule has 0 saturated carbocycles. The molecule has 1 aliphatic rings. The van der Waals surface area contributed by atoms with Crippen molar-refractivity contribution in [2.45, 2.75) is 32.7 Å². The Morgan fingerprint density at radius 1 is 1.45 bits per heavy atom. The number of benzene rings is 1. The number of piperidine rings is 1. The van der Waals surface area contributed by atoms with E-state index in [1.165, 1.54) is 7.11 Å². The number of ether oxygens (including phenoxy) is 1. The smallest absolute Gasteiger partial charge is 0.167 e. The first kappa shape index (κ1) is 15.1. The molecular weight excluding hydrogens is 255 g/mol. The minimum atomic E-state index is -0.288. The molecule has 0 aromatic heterocycles. The zero-order valence-corrected chi connectivity index (χ0v) is 12.7. The summed E-state index contributed by atoms with van der Waals surface area (Å²) in [6.07, 6.45) is 2.27. The van der Waals surface area contributed by atoms with Crippen LogP contribution in [0.25, 0.3) is 0 Å². The molecule has 4 heteroatoms. The quantitative estimate of drug-likeness (QED) is 0.897. The second-order valence-corrected chi connectivity index (χ2v) is 5.59. The summed E-state index contributed by atoms with van der Waals surface area (Å²) in [6.45, 7) is 7.46. The zero-order chi connectivity index (χ0) is 14.5. The predicted molar refractivity (Wildman–Crippen MR) is 81.0 cm³/mol. The Balaban J connectivity index is 2.00. The molecule has 0 bridgehead atoms. The maximum absolute atomic E-state index is 13.8. The van der Waals surface area contributed by atoms with E-state index in [4.69, 9.17) is 4.74 Å². The van der Waals surface area contributed by atoms with Gasteiger partial charge in [0, 0.05) is 30.9 Å². The van der Waals surface area contributed by atoms with Crippen molar-refractivity contribution in [2.24, 2.45) is 5.92 Å². The molecule has 0 amide bonds. The first-order valence-corrected chi connectivity index (χ1v) is 7.47. The predicted octanol–water partition coefficient (Wildman–Crippen LogP) is 3.05. The van der Waals surface area contributed by atoms with Gasteiger partial charge in [-0.15, -0.1) is 0 Å². The van der Waals surface area contributed by atoms with Crippen LogP contribution in [0.3, 0.4) is 0 Å². The van der Waals surface area contributed by atoms with Gasteiger partial charge in [-0.2, -0.15) is 0 Å². The van der Waals surface area contributed by atoms with Gasteiger partial charge in [-0.3, -0.25) is 0 Å². The van der Waals surface area contributed by atoms with Crippen molar-refractivity contribution >= 4 is 5.69 Å². The normalized spacial score (nSPS) is 22.9. The third-order valence-electron chi connectivity index (χ3n) is 4.06. The van der Waals surface area contributed by atoms with Crippen molar-refractivity contribution < 1.29 is 9.13 Å². The zero-order valence-electron chi connectivity index (χ0n) is 12.7. The van der Waals surface area contributed by atoms with E-state index in [-0.39, 0.29) is 5.82 Å². The average molecular weight is 280 g/mol. The number of hydrogen-bond acceptors (Lipinski definition) is 3. The minimum Gasteiger partial charge on any atom is -0.494 e. The molecular formula is C16H25FN2O. The van der Waals surface area contributed by atoms with Crippen LogP contribution in [-0.2, 0) is 0 Å². The summed E-state index contributed by atoms with van der Waals surface area (Å²) in [5, 5.41) is 3.60. The van der Waals surface area contributed by atoms with Crippen LogP contribution >= 0.6 is 0 Å². The second kappa shape index (κ2) is 6.93. The SMILES string of the molecule is CCCNC1CCN(c2ccc(OC)c(F)c2)CC1C. The lowest BCUT2D eigenvalue weighted by molar-refractivity contribution is 0.322. The molecule has 112 valence electrons. The number of hydrogen-bond donors (Lipinski definition) is 1. The summed E-state index contributed by atoms with van der Waals surface area (Å²) < 4.78 is 18.7. The third-order valence-corrected chi connectivity index (χ3v) is 4.06. The summed E-state index contributed by atoms with van der Waals surface area (Å²) in [4.78, 5) is 2.26. The first-order valence-electron chi connectivity index (χ1n) is 7.47. The molecule has 2 atom stereocenters. The maximum Gasteiger partial charge on any atom is 0.167 e. The topological polar surface area (TPSA) is 24.5 Å². The van der Waals surface area contributed by atoms with E-state index in [0.29, 0.717) is 17.7 Å². The molecule has 0 radical (unpaired) electrons. The highest BCUT2D eigenvalue weighted by atomic mass is 19.1. The highest BCUT2D eigenvalue weighted by Crippen LogP contribution is 2.27. The minimum absolute atomic E-state index is 0.288. The Morgan fingerprint density at radius 3 is 2.85 bits per heavy atom. The van der Waals surface area contributed by atoms with Gasteiger partial charge in [-0.1, -0.05) is 13.8 Å². The molecule has 2 unspecified atom stereocenters. The van der Waals surface area contributed by atoms with Gasteiger partial charge in [0.1, 0.15) is 0 Å². The number of nitrogens with zero attached hydrogens (tertiary/aromatic N) is 1. The highest BCUT2D eigenvalue weighted by molar-refractivity contribution is 5.50. The number of rotatable bonds is 5. The summed E-state index contributed by atoms with van der Waals surface area (Å²) in [5.41, 5.74) is 0.948. The summed E-state index contributed by atoms with van der Waals surface area (Å²) in [7, 11) is 1.49. The molecule has 2 rings (SSSR count). The van der Waals surface area contributed by atoms with E-state index in [1.807, 2.05) is 6.07 Å². The highest BCUT2D eigenvalue weighted by Gasteiger charge is 2.25. The fraction of sp³-hybridized carbons (Fsp3) is 0.625. The largest absolute Gasteiger partial charge is 0.494 e. The van der Waals surface area contributed by atoms with Crippen molar-refractivity contribution in [3.8, 4) is 5.75 Å². The number of methoxy groups -OCH3 is 1. The van der Waals surface area contributed by atoms with E-state index in [0.717, 1.165) is 38.2 Å². The molecule has 1 heterocycles. The molecule has 1 aromatic rings. The standard InChI is InChI=1S/C16H25FN2O/c1-4-8-18-15-7-9-19(11-12(15)2)13-5-6-16(20-3)14(17)10-13/h5-6,10,12,15,18H,4,7-9,11H2,1-3H3. The lowest BCUT2D eigenvalue weighted by Gasteiger charge is -2.38. The summed E-state index contributed by atoms with van der Waals surface area (Å²) >= 11 is 0. The van der Waals surface area contributed by atoms with Gasteiger partial charge in [-0.05, 0) is 37.4 Å². The van der Waals surface area contributed by atoms with Gasteiger partial charge in [-0.25, -0.2) is 4.39 Å². The number of halogens is 1. The Kier molecular flexibility index (Phi) is 5.24. The summed E-state index contributed by atoms with van der Waals surface area (Å²) in [6, 6.07) is 5.80. The monoisotopic (exact) mass is 280 g/mol. The van der Waals surface area contributed by atoms with Gasteiger partial charge < -0.3 is 15.0 Å². The van der Waals surface area contributed by atoms with Crippen LogP contribution in [0.2, 0.25) is 0 Å². The number of nitrogens with one attached hydrogen (secondary N) is 1. The van der Waals surface area contributed by atoms with E-state index in [9.17, 15) is 4.39 Å². The molecule has 0 aliphatic carbocycles. The molecule has 1 aromatic carbocycles. The second-order valence-electron chi connectivity index (χ2n) is 5.59. The molecule has 3 nitrogen and oxygen atoms in total. The Bertz CT molecular complexity index is 438. The van der Waals surface area contributed by atoms with Crippen LogP contribution in [0.5, 0.6) is 5.75 Å². The molecule has 20 heavy (non-hydrogen) atoms. The van der Waals surface area contributed by atoms with Gasteiger partial charge in [0.05, 0.1) is 7.11 Å². The average Bonchev–Trinajstić information content (AvgIpc) is 2.46. The van der Waals surface area contributed by atoms with Crippen LogP contribution in [0.4, 0.5) is 10.1 Å². The fourth-order valence-electron chi connectivity index (χ4n) is 2.87. The Morgan fingerprint density at radius 2 is 2.25 bits per heavy atom. The molecule has 1 saturated heterocycles. The lowest BCUT2D eigenvalue weighted by Crippen LogP contribution is -2.48. The van der Waals surface area contributed by atoms with Crippen LogP contribution in [0.1, 0.15) is 26.7 Å². The van der Waals surface area contributed by atoms with Crippen molar-refractivity contribution in [3.63, 3.8) is 0 Å². The Labute approximate surface area is 121 Å². The van der Waals surface area contributed by atoms with Crippen LogP contribution in [-0.4, -0.2) is 32.8 Å². The lowest BCUT2D eigenvalue weighted by atomic mass is 9.93. The van der Waals surface area contributed by atoms with Crippen molar-refractivity contribution in [2.75, 3.05) is 31.6 Å². The first-order chi connectivity index (χ1) is 9.65. The van der Waals surface area contributed by atoms with E-state index < -0.39 is 0 Å².